The number of benzene rings is 3. The van der Waals surface area contributed by atoms with E-state index in [1.807, 2.05) is 135 Å². The number of aliphatic hydroxyl groups is 2. The maximum absolute atomic E-state index is 12.7. The predicted octanol–water partition coefficient (Wildman–Crippen LogP) is 17.6. The van der Waals surface area contributed by atoms with E-state index < -0.39 is 0 Å². The van der Waals surface area contributed by atoms with Crippen molar-refractivity contribution >= 4 is 153 Å². The van der Waals surface area contributed by atoms with Gasteiger partial charge in [0.1, 0.15) is 69.7 Å². The molecule has 17 N–H and O–H groups in total. The highest BCUT2D eigenvalue weighted by Crippen LogP contribution is 2.50. The third-order valence-corrected chi connectivity index (χ3v) is 30.6. The molecule has 0 radical (unpaired) electrons. The van der Waals surface area contributed by atoms with E-state index in [9.17, 15) is 43.8 Å². The third-order valence-electron chi connectivity index (χ3n) is 30.6. The molecule has 150 heavy (non-hydrogen) atoms. The summed E-state index contributed by atoms with van der Waals surface area (Å²) in [5, 5.41) is 67.6. The van der Waals surface area contributed by atoms with Crippen molar-refractivity contribution in [1.82, 2.24) is 59.8 Å². The smallest absolute Gasteiger partial charge is 0.230 e. The summed E-state index contributed by atoms with van der Waals surface area (Å²) in [6.45, 7) is 10.7. The fourth-order valence-corrected chi connectivity index (χ4v) is 21.1. The SMILES string of the molecule is CC1CCCc2c(-c3cc4cc(NC(=O)[C@@H]5C[C@H]5C#N)ncc4c(N)n3)cncc21.CC1CCCc2c(-c3cc4cc(NC(=O)[C@H]5C[C@@H]5C#N)ncc4c(N)n3)cncc21.CCc1ccccc1-c1cc2cc(NC(=O)[C@@H]3C[C@H]3C(=O)C3CC(O)C3)ncc2c(N)n1.CCc1ccccc1-c1cc2cc(NC(=O)[C@H]3C[C@@H]3C(=O)C3CC(O)C3)ncc2c(N)n1.Cc1ccccc1-c1cc2cc(NC(=O)C3CC3C#N)ncc2c(N)n1. The van der Waals surface area contributed by atoms with Gasteiger partial charge in [-0.2, -0.15) is 15.8 Å². The Labute approximate surface area is 864 Å². The van der Waals surface area contributed by atoms with Crippen molar-refractivity contribution in [2.24, 2.45) is 71.0 Å². The number of nitrogens with two attached hydrogens (primary N) is 5. The van der Waals surface area contributed by atoms with Gasteiger partial charge < -0.3 is 65.5 Å². The number of nitrogen functional groups attached to an aromatic ring is 5. The van der Waals surface area contributed by atoms with Crippen molar-refractivity contribution in [3.63, 3.8) is 0 Å². The maximum atomic E-state index is 12.7. The molecule has 0 aliphatic heterocycles. The minimum atomic E-state index is -0.368. The number of hydrogen-bond acceptors (Lipinski definition) is 29. The summed E-state index contributed by atoms with van der Waals surface area (Å²) in [6, 6.07) is 49.4. The predicted molar refractivity (Wildman–Crippen MR) is 574 cm³/mol. The summed E-state index contributed by atoms with van der Waals surface area (Å²) in [5.74, 6) is 2.03. The lowest BCUT2D eigenvalue weighted by molar-refractivity contribution is -0.132. The molecular formula is C116H113N25O9. The van der Waals surface area contributed by atoms with Gasteiger partial charge in [0.05, 0.1) is 94.4 Å². The second-order valence-electron chi connectivity index (χ2n) is 40.9. The van der Waals surface area contributed by atoms with E-state index in [-0.39, 0.29) is 124 Å². The number of Topliss-reactive ketones (excluding diaryl/α,β-unsaturated/α-hetero) is 2. The van der Waals surface area contributed by atoms with Gasteiger partial charge in [0, 0.05) is 146 Å². The Morgan fingerprint density at radius 2 is 0.627 bits per heavy atom. The van der Waals surface area contributed by atoms with Crippen LogP contribution in [-0.2, 0) is 59.2 Å². The summed E-state index contributed by atoms with van der Waals surface area (Å²) < 4.78 is 0. The first kappa shape index (κ1) is 100. The summed E-state index contributed by atoms with van der Waals surface area (Å²) in [7, 11) is 0. The highest BCUT2D eigenvalue weighted by molar-refractivity contribution is 6.07. The van der Waals surface area contributed by atoms with Gasteiger partial charge >= 0.3 is 0 Å². The number of carbonyl (C=O) groups is 7. The number of nitrogens with one attached hydrogen (secondary N) is 5. The Kier molecular flexibility index (Phi) is 28.3. The van der Waals surface area contributed by atoms with Gasteiger partial charge in [0.25, 0.3) is 0 Å². The number of aromatic nitrogens is 12. The number of nitrogens with zero attached hydrogens (tertiary/aromatic N) is 15. The van der Waals surface area contributed by atoms with Crippen LogP contribution >= 0.6 is 0 Å². The number of fused-ring (bicyclic) bond motifs is 7. The van der Waals surface area contributed by atoms with Crippen LogP contribution in [0.1, 0.15) is 162 Å². The summed E-state index contributed by atoms with van der Waals surface area (Å²) in [5.41, 5.74) is 48.7. The monoisotopic (exact) mass is 2000 g/mol. The molecule has 12 heterocycles. The van der Waals surface area contributed by atoms with E-state index in [1.165, 1.54) is 46.2 Å². The average Bonchev–Trinajstić information content (AvgIpc) is 1.71. The molecule has 0 spiro atoms. The number of hydrogen-bond donors (Lipinski definition) is 12. The van der Waals surface area contributed by atoms with Crippen LogP contribution in [0.15, 0.2) is 189 Å². The summed E-state index contributed by atoms with van der Waals surface area (Å²) in [6.07, 6.45) is 28.6. The molecule has 15 aromatic rings. The number of pyridine rings is 12. The number of ketones is 2. The van der Waals surface area contributed by atoms with Gasteiger partial charge in [-0.05, 0) is 254 Å². The first-order valence-electron chi connectivity index (χ1n) is 51.2. The molecule has 9 aliphatic carbocycles. The largest absolute Gasteiger partial charge is 0.393 e. The Morgan fingerprint density at radius 1 is 0.347 bits per heavy atom. The van der Waals surface area contributed by atoms with Gasteiger partial charge in [0.2, 0.25) is 29.5 Å². The van der Waals surface area contributed by atoms with Gasteiger partial charge in [0.15, 0.2) is 0 Å². The second-order valence-corrected chi connectivity index (χ2v) is 40.9. The molecule has 34 nitrogen and oxygen atoms in total. The van der Waals surface area contributed by atoms with Crippen LogP contribution < -0.4 is 55.3 Å². The summed E-state index contributed by atoms with van der Waals surface area (Å²) in [4.78, 5) is 140. The molecule has 7 saturated carbocycles. The maximum Gasteiger partial charge on any atom is 0.230 e. The molecule has 4 unspecified atom stereocenters. The molecule has 5 amide bonds. The minimum Gasteiger partial charge on any atom is -0.393 e. The molecule has 3 aromatic carbocycles. The fraction of sp³-hybridized carbons (Fsp3) is 0.328. The molecule has 12 aromatic heterocycles. The van der Waals surface area contributed by atoms with E-state index >= 15 is 0 Å². The molecule has 7 fully saturated rings. The van der Waals surface area contributed by atoms with Crippen molar-refractivity contribution in [3.05, 3.63) is 228 Å². The third kappa shape index (κ3) is 21.4. The number of anilines is 10. The van der Waals surface area contributed by atoms with E-state index in [2.05, 4.69) is 144 Å². The van der Waals surface area contributed by atoms with E-state index in [0.29, 0.717) is 128 Å². The van der Waals surface area contributed by atoms with Gasteiger partial charge in [-0.3, -0.25) is 43.5 Å². The number of rotatable bonds is 21. The molecule has 24 rings (SSSR count). The molecule has 34 heteroatoms. The first-order chi connectivity index (χ1) is 72.5. The van der Waals surface area contributed by atoms with E-state index in [0.717, 1.165) is 154 Å². The lowest BCUT2D eigenvalue weighted by atomic mass is 9.78. The van der Waals surface area contributed by atoms with Gasteiger partial charge in [-0.15, -0.1) is 0 Å². The van der Waals surface area contributed by atoms with Crippen LogP contribution in [-0.4, -0.2) is 123 Å². The Bertz CT molecular complexity index is 7730. The second kappa shape index (κ2) is 42.4. The Balaban J connectivity index is 0.000000114. The van der Waals surface area contributed by atoms with E-state index in [1.54, 1.807) is 49.2 Å². The molecule has 756 valence electrons. The number of aryl methyl sites for hydroxylation is 3. The van der Waals surface area contributed by atoms with Crippen LogP contribution in [0.2, 0.25) is 0 Å². The molecule has 0 saturated heterocycles. The normalized spacial score (nSPS) is 22.3. The van der Waals surface area contributed by atoms with Crippen molar-refractivity contribution in [3.8, 4) is 74.5 Å². The number of aliphatic hydroxyl groups excluding tert-OH is 2. The highest BCUT2D eigenvalue weighted by atomic mass is 16.3. The zero-order chi connectivity index (χ0) is 105. The van der Waals surface area contributed by atoms with Gasteiger partial charge in [-0.1, -0.05) is 100 Å². The quantitative estimate of drug-likeness (QED) is 0.0318. The highest BCUT2D eigenvalue weighted by Gasteiger charge is 2.54. The topological polar surface area (TPSA) is 576 Å². The van der Waals surface area contributed by atoms with Crippen LogP contribution in [0.3, 0.4) is 0 Å². The van der Waals surface area contributed by atoms with Crippen molar-refractivity contribution < 1.29 is 43.8 Å². The fourth-order valence-electron chi connectivity index (χ4n) is 21.1. The average molecular weight is 2000 g/mol. The zero-order valence-corrected chi connectivity index (χ0v) is 83.5. The summed E-state index contributed by atoms with van der Waals surface area (Å²) >= 11 is 0. The lowest BCUT2D eigenvalue weighted by Gasteiger charge is -2.30. The molecule has 12 atom stereocenters. The van der Waals surface area contributed by atoms with Crippen LogP contribution in [0.5, 0.6) is 0 Å². The number of amides is 5. The minimum absolute atomic E-state index is 0.0912. The Hall–Kier alpha value is -17.2. The standard InChI is InChI=1S/2C25H26N4O3.2C23H22N6O.C20H17N5O/c2*1-2-13-5-3-4-6-17(13)21-9-14-10-22(27-12-20(14)24(26)28-21)29-25(32)19-11-18(19)23(31)15-7-16(30)8-15;2*1-12-3-2-4-15-17(12)9-26-10-19(15)20-6-13-7-21(27-11-18(13)22(25)28-20)29-23(30)16-5-14(16)8-24;1-11-4-2-3-5-14(11)17-7-12-8-18(23-10-16(12)19(22)24-17)25-20(26)15-6-13(15)9-21/h2*3-6,9-10,12,15-16,18-19,30H,2,7-8,11H2,1H3,(H2,26,28)(H,27,29,32);2*6-7,9-12,14,16H,2-5H2,1H3,(H2,25,28)(H,27,29,30);2-5,7-8,10,13,15H,6H2,1H3,(H2,22,24)(H,23,25,26)/t2*15?,16?,18-,19-;2*12?,14-,16+;/m1010./s1. The zero-order valence-electron chi connectivity index (χ0n) is 83.5. The first-order valence-corrected chi connectivity index (χ1v) is 51.2. The molecule has 9 aliphatic rings. The van der Waals surface area contributed by atoms with Crippen LogP contribution in [0, 0.1) is 112 Å². The van der Waals surface area contributed by atoms with E-state index in [4.69, 9.17) is 44.5 Å². The van der Waals surface area contributed by atoms with Gasteiger partial charge in [-0.25, -0.2) is 49.8 Å². The van der Waals surface area contributed by atoms with Crippen molar-refractivity contribution in [2.45, 2.75) is 168 Å². The molecular weight excluding hydrogens is 1890 g/mol. The lowest BCUT2D eigenvalue weighted by Crippen LogP contribution is -2.35. The molecule has 0 bridgehead atoms. The van der Waals surface area contributed by atoms with Crippen LogP contribution in [0.25, 0.3) is 110 Å². The number of nitriles is 3. The van der Waals surface area contributed by atoms with Crippen molar-refractivity contribution in [1.29, 1.82) is 15.8 Å². The number of carbonyl (C=O) groups excluding carboxylic acids is 7. The van der Waals surface area contributed by atoms with Crippen LogP contribution in [0.4, 0.5) is 58.2 Å². The Morgan fingerprint density at radius 3 is 0.913 bits per heavy atom. The van der Waals surface area contributed by atoms with Crippen molar-refractivity contribution in [2.75, 3.05) is 55.3 Å².